The number of thioether (sulfide) groups is 1. The smallest absolute Gasteiger partial charge is 0.311 e. The summed E-state index contributed by atoms with van der Waals surface area (Å²) < 4.78 is 5.42. The van der Waals surface area contributed by atoms with Crippen molar-refractivity contribution >= 4 is 40.3 Å². The van der Waals surface area contributed by atoms with Gasteiger partial charge in [-0.1, -0.05) is 6.07 Å². The summed E-state index contributed by atoms with van der Waals surface area (Å²) in [4.78, 5) is 29.6. The van der Waals surface area contributed by atoms with Crippen LogP contribution in [0.2, 0.25) is 0 Å². The van der Waals surface area contributed by atoms with Crippen molar-refractivity contribution in [2.45, 2.75) is 13.8 Å². The highest BCUT2D eigenvalue weighted by atomic mass is 32.2. The van der Waals surface area contributed by atoms with Gasteiger partial charge in [0.05, 0.1) is 22.1 Å². The maximum Gasteiger partial charge on any atom is 0.311 e. The summed E-state index contributed by atoms with van der Waals surface area (Å²) in [5, 5.41) is 21.1. The van der Waals surface area contributed by atoms with Gasteiger partial charge in [-0.25, -0.2) is 4.99 Å². The molecule has 0 spiro atoms. The average molecular weight is 413 g/mol. The number of hydrogen-bond acceptors (Lipinski definition) is 7. The van der Waals surface area contributed by atoms with Gasteiger partial charge < -0.3 is 9.84 Å². The summed E-state index contributed by atoms with van der Waals surface area (Å²) in [7, 11) is 0. The van der Waals surface area contributed by atoms with Gasteiger partial charge in [-0.05, 0) is 67.6 Å². The molecule has 1 aliphatic rings. The van der Waals surface area contributed by atoms with Crippen molar-refractivity contribution in [1.82, 2.24) is 4.90 Å². The molecule has 0 aliphatic carbocycles. The summed E-state index contributed by atoms with van der Waals surface area (Å²) in [6, 6.07) is 11.2. The first-order valence-electron chi connectivity index (χ1n) is 8.93. The van der Waals surface area contributed by atoms with Crippen LogP contribution in [0.1, 0.15) is 19.4 Å². The Morgan fingerprint density at radius 2 is 1.97 bits per heavy atom. The molecule has 8 nitrogen and oxygen atoms in total. The second-order valence-electron chi connectivity index (χ2n) is 5.99. The van der Waals surface area contributed by atoms with E-state index in [1.807, 2.05) is 38.1 Å². The standard InChI is InChI=1S/C20H19N3O5S/c1-3-22-19(25)18(12-13-5-10-17(24)16(11-13)23(26)27)29-20(22)21-14-6-8-15(9-7-14)28-4-2/h5-12,24H,3-4H2,1-2H3/b18-12-,21-20?. The van der Waals surface area contributed by atoms with E-state index in [1.54, 1.807) is 11.0 Å². The second kappa shape index (κ2) is 8.78. The molecule has 29 heavy (non-hydrogen) atoms. The molecular formula is C20H19N3O5S. The Balaban J connectivity index is 1.89. The van der Waals surface area contributed by atoms with Crippen LogP contribution in [-0.2, 0) is 4.79 Å². The topological polar surface area (TPSA) is 105 Å². The zero-order valence-electron chi connectivity index (χ0n) is 15.9. The van der Waals surface area contributed by atoms with Crippen LogP contribution < -0.4 is 4.74 Å². The van der Waals surface area contributed by atoms with Gasteiger partial charge in [0.15, 0.2) is 10.9 Å². The fraction of sp³-hybridized carbons (Fsp3) is 0.200. The lowest BCUT2D eigenvalue weighted by atomic mass is 10.1. The fourth-order valence-corrected chi connectivity index (χ4v) is 3.75. The highest BCUT2D eigenvalue weighted by Gasteiger charge is 2.32. The van der Waals surface area contributed by atoms with Gasteiger partial charge in [-0.2, -0.15) is 0 Å². The number of aromatic hydroxyl groups is 1. The molecule has 1 fully saturated rings. The molecule has 3 rings (SSSR count). The number of ether oxygens (including phenoxy) is 1. The molecule has 0 radical (unpaired) electrons. The van der Waals surface area contributed by atoms with Crippen molar-refractivity contribution in [3.63, 3.8) is 0 Å². The minimum Gasteiger partial charge on any atom is -0.502 e. The number of carbonyl (C=O) groups is 1. The molecule has 1 N–H and O–H groups in total. The number of phenolic OH excluding ortho intramolecular Hbond substituents is 1. The molecule has 0 bridgehead atoms. The number of rotatable bonds is 6. The SMILES string of the molecule is CCOc1ccc(N=C2S/C(=C\c3ccc(O)c([N+](=O)[O-])c3)C(=O)N2CC)cc1. The van der Waals surface area contributed by atoms with Crippen LogP contribution in [-0.4, -0.2) is 39.2 Å². The Morgan fingerprint density at radius 1 is 1.24 bits per heavy atom. The zero-order valence-corrected chi connectivity index (χ0v) is 16.7. The van der Waals surface area contributed by atoms with E-state index in [1.165, 1.54) is 30.0 Å². The molecule has 2 aromatic rings. The molecule has 1 heterocycles. The molecule has 0 atom stereocenters. The number of aliphatic imine (C=N–C) groups is 1. The van der Waals surface area contributed by atoms with Crippen LogP contribution in [0.25, 0.3) is 6.08 Å². The van der Waals surface area contributed by atoms with Crippen molar-refractivity contribution in [2.24, 2.45) is 4.99 Å². The van der Waals surface area contributed by atoms with Crippen molar-refractivity contribution in [3.05, 3.63) is 63.0 Å². The summed E-state index contributed by atoms with van der Waals surface area (Å²) in [5.74, 6) is 0.0989. The first kappa shape index (κ1) is 20.4. The summed E-state index contributed by atoms with van der Waals surface area (Å²) in [6.45, 7) is 4.77. The van der Waals surface area contributed by atoms with Gasteiger partial charge >= 0.3 is 5.69 Å². The Morgan fingerprint density at radius 3 is 2.59 bits per heavy atom. The van der Waals surface area contributed by atoms with E-state index in [2.05, 4.69) is 4.99 Å². The minimum atomic E-state index is -0.669. The zero-order chi connectivity index (χ0) is 21.0. The number of carbonyl (C=O) groups excluding carboxylic acids is 1. The van der Waals surface area contributed by atoms with E-state index in [0.29, 0.717) is 34.5 Å². The maximum absolute atomic E-state index is 12.7. The number of nitro groups is 1. The molecule has 150 valence electrons. The Hall–Kier alpha value is -3.33. The van der Waals surface area contributed by atoms with E-state index in [9.17, 15) is 20.0 Å². The van der Waals surface area contributed by atoms with Crippen molar-refractivity contribution in [2.75, 3.05) is 13.2 Å². The predicted molar refractivity (Wildman–Crippen MR) is 112 cm³/mol. The average Bonchev–Trinajstić information content (AvgIpc) is 2.99. The largest absolute Gasteiger partial charge is 0.502 e. The van der Waals surface area contributed by atoms with Gasteiger partial charge in [0.25, 0.3) is 5.91 Å². The third kappa shape index (κ3) is 4.57. The molecule has 0 unspecified atom stereocenters. The Labute approximate surface area is 171 Å². The predicted octanol–water partition coefficient (Wildman–Crippen LogP) is 4.32. The molecule has 1 saturated heterocycles. The first-order chi connectivity index (χ1) is 13.9. The van der Waals surface area contributed by atoms with E-state index in [-0.39, 0.29) is 5.91 Å². The second-order valence-corrected chi connectivity index (χ2v) is 7.00. The minimum absolute atomic E-state index is 0.224. The van der Waals surface area contributed by atoms with E-state index < -0.39 is 16.4 Å². The third-order valence-electron chi connectivity index (χ3n) is 4.07. The highest BCUT2D eigenvalue weighted by Crippen LogP contribution is 2.35. The van der Waals surface area contributed by atoms with Gasteiger partial charge in [-0.3, -0.25) is 19.8 Å². The van der Waals surface area contributed by atoms with Gasteiger partial charge in [0.1, 0.15) is 5.75 Å². The summed E-state index contributed by atoms with van der Waals surface area (Å²) in [6.07, 6.45) is 1.56. The van der Waals surface area contributed by atoms with Crippen LogP contribution in [0.5, 0.6) is 11.5 Å². The van der Waals surface area contributed by atoms with Crippen LogP contribution in [0, 0.1) is 10.1 Å². The molecule has 9 heteroatoms. The number of amidine groups is 1. The normalized spacial score (nSPS) is 16.6. The van der Waals surface area contributed by atoms with E-state index in [0.717, 1.165) is 5.75 Å². The lowest BCUT2D eigenvalue weighted by Crippen LogP contribution is -2.28. The van der Waals surface area contributed by atoms with Crippen molar-refractivity contribution in [1.29, 1.82) is 0 Å². The quantitative estimate of drug-likeness (QED) is 0.429. The first-order valence-corrected chi connectivity index (χ1v) is 9.75. The number of phenols is 1. The number of benzene rings is 2. The Kier molecular flexibility index (Phi) is 6.18. The summed E-state index contributed by atoms with van der Waals surface area (Å²) in [5.41, 5.74) is 0.720. The third-order valence-corrected chi connectivity index (χ3v) is 5.08. The molecule has 0 saturated carbocycles. The van der Waals surface area contributed by atoms with E-state index >= 15 is 0 Å². The highest BCUT2D eigenvalue weighted by molar-refractivity contribution is 8.18. The number of likely N-dealkylation sites (N-methyl/N-ethyl adjacent to an activating group) is 1. The van der Waals surface area contributed by atoms with Crippen molar-refractivity contribution in [3.8, 4) is 11.5 Å². The lowest BCUT2D eigenvalue weighted by molar-refractivity contribution is -0.385. The van der Waals surface area contributed by atoms with Crippen LogP contribution >= 0.6 is 11.8 Å². The van der Waals surface area contributed by atoms with Gasteiger partial charge in [0.2, 0.25) is 0 Å². The number of nitro benzene ring substituents is 1. The molecule has 0 aromatic heterocycles. The number of hydrogen-bond donors (Lipinski definition) is 1. The van der Waals surface area contributed by atoms with E-state index in [4.69, 9.17) is 4.74 Å². The molecule has 2 aromatic carbocycles. The summed E-state index contributed by atoms with van der Waals surface area (Å²) >= 11 is 1.20. The van der Waals surface area contributed by atoms with Crippen LogP contribution in [0.4, 0.5) is 11.4 Å². The lowest BCUT2D eigenvalue weighted by Gasteiger charge is -2.12. The van der Waals surface area contributed by atoms with Gasteiger partial charge in [-0.15, -0.1) is 0 Å². The van der Waals surface area contributed by atoms with Gasteiger partial charge in [0, 0.05) is 12.6 Å². The van der Waals surface area contributed by atoms with Crippen molar-refractivity contribution < 1.29 is 19.6 Å². The number of amides is 1. The monoisotopic (exact) mass is 413 g/mol. The molecular weight excluding hydrogens is 394 g/mol. The van der Waals surface area contributed by atoms with Crippen LogP contribution in [0.15, 0.2) is 52.4 Å². The van der Waals surface area contributed by atoms with Crippen LogP contribution in [0.3, 0.4) is 0 Å². The maximum atomic E-state index is 12.7. The molecule has 1 amide bonds. The molecule has 1 aliphatic heterocycles. The Bertz CT molecular complexity index is 1000. The number of nitrogens with zero attached hydrogens (tertiary/aromatic N) is 3. The fourth-order valence-electron chi connectivity index (χ4n) is 2.69.